The number of furan rings is 1. The standard InChI is InChI=1S/C25H43N3O2/c1-29-21-25-12-11-24(30-25)20-27(17-16-26-13-5-2-6-14-26)18-22-8-7-15-28(19-22)23-9-3-4-10-23/h11-12,22-23H,2-10,13-21H2,1H3/t22-/m0/s1. The van der Waals surface area contributed by atoms with Gasteiger partial charge in [-0.1, -0.05) is 19.3 Å². The average Bonchev–Trinajstić information content (AvgIpc) is 3.46. The number of hydrogen-bond acceptors (Lipinski definition) is 5. The van der Waals surface area contributed by atoms with Gasteiger partial charge in [0, 0.05) is 39.3 Å². The topological polar surface area (TPSA) is 32.1 Å². The summed E-state index contributed by atoms with van der Waals surface area (Å²) in [6.07, 6.45) is 12.7. The fraction of sp³-hybridized carbons (Fsp3) is 0.840. The second-order valence-electron chi connectivity index (χ2n) is 9.88. The molecule has 3 aliphatic rings. The molecule has 0 N–H and O–H groups in total. The third-order valence-electron chi connectivity index (χ3n) is 7.47. The summed E-state index contributed by atoms with van der Waals surface area (Å²) in [6.45, 7) is 10.2. The van der Waals surface area contributed by atoms with Crippen molar-refractivity contribution >= 4 is 0 Å². The van der Waals surface area contributed by atoms with Crippen molar-refractivity contribution in [2.24, 2.45) is 5.92 Å². The molecule has 5 nitrogen and oxygen atoms in total. The maximum atomic E-state index is 6.05. The van der Waals surface area contributed by atoms with Crippen LogP contribution in [0.25, 0.3) is 0 Å². The van der Waals surface area contributed by atoms with Gasteiger partial charge < -0.3 is 19.0 Å². The lowest BCUT2D eigenvalue weighted by Crippen LogP contribution is -2.46. The molecule has 0 amide bonds. The van der Waals surface area contributed by atoms with Crippen molar-refractivity contribution in [3.63, 3.8) is 0 Å². The van der Waals surface area contributed by atoms with Crippen LogP contribution in [0.2, 0.25) is 0 Å². The lowest BCUT2D eigenvalue weighted by Gasteiger charge is -2.39. The molecular weight excluding hydrogens is 374 g/mol. The molecule has 1 aromatic rings. The Kier molecular flexibility index (Phi) is 8.67. The Morgan fingerprint density at radius 2 is 1.77 bits per heavy atom. The summed E-state index contributed by atoms with van der Waals surface area (Å²) in [4.78, 5) is 8.17. The number of likely N-dealkylation sites (tertiary alicyclic amines) is 2. The third kappa shape index (κ3) is 6.56. The van der Waals surface area contributed by atoms with Gasteiger partial charge in [0.1, 0.15) is 18.1 Å². The Bertz CT molecular complexity index is 607. The van der Waals surface area contributed by atoms with Crippen LogP contribution in [0.3, 0.4) is 0 Å². The van der Waals surface area contributed by atoms with Crippen molar-refractivity contribution in [2.45, 2.75) is 77.0 Å². The van der Waals surface area contributed by atoms with E-state index in [1.165, 1.54) is 97.1 Å². The van der Waals surface area contributed by atoms with Crippen LogP contribution in [0.1, 0.15) is 69.3 Å². The molecule has 0 unspecified atom stereocenters. The predicted octanol–water partition coefficient (Wildman–Crippen LogP) is 4.37. The van der Waals surface area contributed by atoms with Crippen LogP contribution < -0.4 is 0 Å². The summed E-state index contributed by atoms with van der Waals surface area (Å²) in [7, 11) is 1.73. The van der Waals surface area contributed by atoms with E-state index < -0.39 is 0 Å². The molecule has 5 heteroatoms. The largest absolute Gasteiger partial charge is 0.462 e. The van der Waals surface area contributed by atoms with Gasteiger partial charge in [0.05, 0.1) is 6.54 Å². The van der Waals surface area contributed by atoms with Gasteiger partial charge in [-0.05, 0) is 76.2 Å². The Morgan fingerprint density at radius 3 is 2.57 bits per heavy atom. The number of nitrogens with zero attached hydrogens (tertiary/aromatic N) is 3. The van der Waals surface area contributed by atoms with Gasteiger partial charge in [0.2, 0.25) is 0 Å². The fourth-order valence-corrected chi connectivity index (χ4v) is 5.86. The van der Waals surface area contributed by atoms with E-state index in [0.29, 0.717) is 6.61 Å². The molecule has 3 fully saturated rings. The van der Waals surface area contributed by atoms with E-state index in [0.717, 1.165) is 36.6 Å². The summed E-state index contributed by atoms with van der Waals surface area (Å²) in [5.74, 6) is 2.83. The van der Waals surface area contributed by atoms with E-state index in [4.69, 9.17) is 9.15 Å². The van der Waals surface area contributed by atoms with Crippen molar-refractivity contribution in [3.05, 3.63) is 23.7 Å². The zero-order valence-electron chi connectivity index (χ0n) is 19.2. The van der Waals surface area contributed by atoms with Gasteiger partial charge in [0.25, 0.3) is 0 Å². The van der Waals surface area contributed by atoms with Gasteiger partial charge in [0.15, 0.2) is 0 Å². The highest BCUT2D eigenvalue weighted by molar-refractivity contribution is 5.06. The molecule has 2 saturated heterocycles. The van der Waals surface area contributed by atoms with Gasteiger partial charge >= 0.3 is 0 Å². The van der Waals surface area contributed by atoms with Crippen molar-refractivity contribution in [2.75, 3.05) is 52.9 Å². The molecule has 3 heterocycles. The Hall–Kier alpha value is -0.880. The van der Waals surface area contributed by atoms with E-state index >= 15 is 0 Å². The Labute approximate surface area is 183 Å². The van der Waals surface area contributed by atoms with Gasteiger partial charge in [-0.15, -0.1) is 0 Å². The highest BCUT2D eigenvalue weighted by Crippen LogP contribution is 2.28. The minimum Gasteiger partial charge on any atom is -0.462 e. The number of methoxy groups -OCH3 is 1. The van der Waals surface area contributed by atoms with Crippen LogP contribution in [-0.2, 0) is 17.9 Å². The van der Waals surface area contributed by atoms with Crippen LogP contribution in [0.4, 0.5) is 0 Å². The first kappa shape index (κ1) is 22.3. The maximum absolute atomic E-state index is 6.05. The van der Waals surface area contributed by atoms with Crippen LogP contribution in [-0.4, -0.2) is 73.7 Å². The first-order valence-electron chi connectivity index (χ1n) is 12.6. The Morgan fingerprint density at radius 1 is 0.967 bits per heavy atom. The number of rotatable bonds is 10. The summed E-state index contributed by atoms with van der Waals surface area (Å²) >= 11 is 0. The number of ether oxygens (including phenoxy) is 1. The molecule has 0 aromatic carbocycles. The summed E-state index contributed by atoms with van der Waals surface area (Å²) in [5.41, 5.74) is 0. The third-order valence-corrected chi connectivity index (χ3v) is 7.47. The average molecular weight is 418 g/mol. The smallest absolute Gasteiger partial charge is 0.129 e. The normalized spacial score (nSPS) is 24.8. The van der Waals surface area contributed by atoms with Gasteiger partial charge in [-0.2, -0.15) is 0 Å². The van der Waals surface area contributed by atoms with E-state index in [-0.39, 0.29) is 0 Å². The van der Waals surface area contributed by atoms with Crippen LogP contribution in [0.15, 0.2) is 16.5 Å². The fourth-order valence-electron chi connectivity index (χ4n) is 5.86. The van der Waals surface area contributed by atoms with Gasteiger partial charge in [-0.3, -0.25) is 4.90 Å². The minimum atomic E-state index is 0.562. The molecule has 30 heavy (non-hydrogen) atoms. The zero-order valence-corrected chi connectivity index (χ0v) is 19.2. The van der Waals surface area contributed by atoms with Crippen molar-refractivity contribution in [1.82, 2.24) is 14.7 Å². The quantitative estimate of drug-likeness (QED) is 0.564. The van der Waals surface area contributed by atoms with Crippen molar-refractivity contribution < 1.29 is 9.15 Å². The lowest BCUT2D eigenvalue weighted by molar-refractivity contribution is 0.0879. The molecule has 1 aromatic heterocycles. The molecule has 1 atom stereocenters. The molecule has 1 saturated carbocycles. The summed E-state index contributed by atoms with van der Waals surface area (Å²) in [5, 5.41) is 0. The van der Waals surface area contributed by atoms with Gasteiger partial charge in [-0.25, -0.2) is 0 Å². The highest BCUT2D eigenvalue weighted by atomic mass is 16.5. The second-order valence-corrected chi connectivity index (χ2v) is 9.88. The molecule has 0 bridgehead atoms. The monoisotopic (exact) mass is 417 g/mol. The SMILES string of the molecule is COCc1ccc(CN(CCN2CCCCC2)C[C@@H]2CCCN(C3CCCC3)C2)o1. The van der Waals surface area contributed by atoms with E-state index in [9.17, 15) is 0 Å². The first-order chi connectivity index (χ1) is 14.8. The predicted molar refractivity (Wildman–Crippen MR) is 122 cm³/mol. The van der Waals surface area contributed by atoms with E-state index in [2.05, 4.69) is 26.8 Å². The van der Waals surface area contributed by atoms with Crippen molar-refractivity contribution in [1.29, 1.82) is 0 Å². The highest BCUT2D eigenvalue weighted by Gasteiger charge is 2.29. The minimum absolute atomic E-state index is 0.562. The van der Waals surface area contributed by atoms with Crippen LogP contribution in [0.5, 0.6) is 0 Å². The van der Waals surface area contributed by atoms with Crippen LogP contribution >= 0.6 is 0 Å². The molecule has 2 aliphatic heterocycles. The van der Waals surface area contributed by atoms with Crippen molar-refractivity contribution in [3.8, 4) is 0 Å². The summed E-state index contributed by atoms with van der Waals surface area (Å²) < 4.78 is 11.3. The molecular formula is C25H43N3O2. The molecule has 1 aliphatic carbocycles. The summed E-state index contributed by atoms with van der Waals surface area (Å²) in [6, 6.07) is 5.09. The Balaban J connectivity index is 1.34. The molecule has 4 rings (SSSR count). The maximum Gasteiger partial charge on any atom is 0.129 e. The van der Waals surface area contributed by atoms with E-state index in [1.807, 2.05) is 0 Å². The number of piperidine rings is 2. The molecule has 170 valence electrons. The number of hydrogen-bond donors (Lipinski definition) is 0. The molecule has 0 spiro atoms. The lowest BCUT2D eigenvalue weighted by atomic mass is 9.95. The van der Waals surface area contributed by atoms with Crippen LogP contribution in [0, 0.1) is 5.92 Å². The zero-order chi connectivity index (χ0) is 20.6. The second kappa shape index (κ2) is 11.7. The first-order valence-corrected chi connectivity index (χ1v) is 12.6. The van der Waals surface area contributed by atoms with E-state index in [1.54, 1.807) is 7.11 Å². The molecule has 0 radical (unpaired) electrons.